The average Bonchev–Trinajstić information content (AvgIpc) is 2.96. The lowest BCUT2D eigenvalue weighted by atomic mass is 10.3. The molecular formula is C11H18ClN3O. The van der Waals surface area contributed by atoms with Crippen LogP contribution >= 0.6 is 11.6 Å². The summed E-state index contributed by atoms with van der Waals surface area (Å²) in [7, 11) is 0. The lowest BCUT2D eigenvalue weighted by Gasteiger charge is -2.18. The molecule has 0 radical (unpaired) electrons. The summed E-state index contributed by atoms with van der Waals surface area (Å²) in [5.41, 5.74) is 0. The first-order valence-corrected chi connectivity index (χ1v) is 6.50. The van der Waals surface area contributed by atoms with Crippen LogP contribution in [0.2, 0.25) is 0 Å². The van der Waals surface area contributed by atoms with Gasteiger partial charge in [-0.3, -0.25) is 0 Å². The summed E-state index contributed by atoms with van der Waals surface area (Å²) >= 11 is 5.64. The van der Waals surface area contributed by atoms with Crippen LogP contribution in [0.4, 0.5) is 6.01 Å². The number of halogens is 1. The Hall–Kier alpha value is -0.770. The Morgan fingerprint density at radius 3 is 2.88 bits per heavy atom. The van der Waals surface area contributed by atoms with Crippen molar-refractivity contribution in [2.75, 3.05) is 23.9 Å². The van der Waals surface area contributed by atoms with Gasteiger partial charge in [0.25, 0.3) is 0 Å². The Kier molecular flexibility index (Phi) is 4.04. The van der Waals surface area contributed by atoms with Gasteiger partial charge < -0.3 is 9.32 Å². The van der Waals surface area contributed by atoms with Crippen molar-refractivity contribution in [1.82, 2.24) is 10.2 Å². The molecule has 0 unspecified atom stereocenters. The standard InChI is InChI=1S/C11H18ClN3O/c1-2-7-15(8-9-3-4-9)11-14-13-10(16-11)5-6-12/h9H,2-8H2,1H3. The maximum atomic E-state index is 5.64. The summed E-state index contributed by atoms with van der Waals surface area (Å²) < 4.78 is 5.59. The lowest BCUT2D eigenvalue weighted by Crippen LogP contribution is -2.26. The molecule has 1 saturated carbocycles. The van der Waals surface area contributed by atoms with Gasteiger partial charge in [0.2, 0.25) is 5.89 Å². The fraction of sp³-hybridized carbons (Fsp3) is 0.818. The highest BCUT2D eigenvalue weighted by Crippen LogP contribution is 2.31. The van der Waals surface area contributed by atoms with Gasteiger partial charge in [0.15, 0.2) is 0 Å². The molecule has 0 N–H and O–H groups in total. The van der Waals surface area contributed by atoms with Crippen molar-refractivity contribution in [3.63, 3.8) is 0 Å². The minimum atomic E-state index is 0.526. The highest BCUT2D eigenvalue weighted by molar-refractivity contribution is 6.17. The van der Waals surface area contributed by atoms with Crippen molar-refractivity contribution >= 4 is 17.6 Å². The third-order valence-electron chi connectivity index (χ3n) is 2.70. The van der Waals surface area contributed by atoms with E-state index in [0.29, 0.717) is 24.2 Å². The van der Waals surface area contributed by atoms with Crippen molar-refractivity contribution in [2.24, 2.45) is 5.92 Å². The van der Waals surface area contributed by atoms with E-state index in [-0.39, 0.29) is 0 Å². The Labute approximate surface area is 101 Å². The van der Waals surface area contributed by atoms with Crippen molar-refractivity contribution < 1.29 is 4.42 Å². The largest absolute Gasteiger partial charge is 0.408 e. The van der Waals surface area contributed by atoms with Crippen molar-refractivity contribution in [2.45, 2.75) is 32.6 Å². The van der Waals surface area contributed by atoms with Crippen LogP contribution in [0.1, 0.15) is 32.1 Å². The van der Waals surface area contributed by atoms with E-state index < -0.39 is 0 Å². The van der Waals surface area contributed by atoms with E-state index in [1.807, 2.05) is 0 Å². The number of rotatable bonds is 7. The third kappa shape index (κ3) is 3.11. The van der Waals surface area contributed by atoms with E-state index >= 15 is 0 Å². The lowest BCUT2D eigenvalue weighted by molar-refractivity contribution is 0.483. The van der Waals surface area contributed by atoms with Gasteiger partial charge in [-0.15, -0.1) is 16.7 Å². The molecule has 90 valence electrons. The van der Waals surface area contributed by atoms with E-state index in [0.717, 1.165) is 25.4 Å². The summed E-state index contributed by atoms with van der Waals surface area (Å²) in [5, 5.41) is 8.08. The molecular weight excluding hydrogens is 226 g/mol. The topological polar surface area (TPSA) is 42.2 Å². The fourth-order valence-electron chi connectivity index (χ4n) is 1.70. The van der Waals surface area contributed by atoms with E-state index in [1.54, 1.807) is 0 Å². The molecule has 0 atom stereocenters. The minimum absolute atomic E-state index is 0.526. The SMILES string of the molecule is CCCN(CC1CC1)c1nnc(CCCl)o1. The quantitative estimate of drug-likeness (QED) is 0.690. The second-order valence-electron chi connectivity index (χ2n) is 4.31. The molecule has 0 bridgehead atoms. The highest BCUT2D eigenvalue weighted by atomic mass is 35.5. The molecule has 1 aromatic heterocycles. The molecule has 1 fully saturated rings. The number of aromatic nitrogens is 2. The Bertz CT molecular complexity index is 325. The van der Waals surface area contributed by atoms with Crippen LogP contribution in [0.25, 0.3) is 0 Å². The second-order valence-corrected chi connectivity index (χ2v) is 4.68. The maximum Gasteiger partial charge on any atom is 0.318 e. The average molecular weight is 244 g/mol. The summed E-state index contributed by atoms with van der Waals surface area (Å²) in [6, 6.07) is 0.661. The van der Waals surface area contributed by atoms with Crippen LogP contribution in [0.5, 0.6) is 0 Å². The van der Waals surface area contributed by atoms with Crippen LogP contribution < -0.4 is 4.90 Å². The van der Waals surface area contributed by atoms with Crippen LogP contribution in [0.15, 0.2) is 4.42 Å². The van der Waals surface area contributed by atoms with E-state index in [4.69, 9.17) is 16.0 Å². The number of aryl methyl sites for hydroxylation is 1. The van der Waals surface area contributed by atoms with Gasteiger partial charge in [-0.1, -0.05) is 12.0 Å². The Balaban J connectivity index is 1.98. The zero-order valence-corrected chi connectivity index (χ0v) is 10.4. The van der Waals surface area contributed by atoms with Gasteiger partial charge in [-0.05, 0) is 25.2 Å². The Morgan fingerprint density at radius 2 is 2.25 bits per heavy atom. The van der Waals surface area contributed by atoms with E-state index in [2.05, 4.69) is 22.0 Å². The molecule has 1 heterocycles. The monoisotopic (exact) mass is 243 g/mol. The van der Waals surface area contributed by atoms with Gasteiger partial charge in [0, 0.05) is 25.4 Å². The summed E-state index contributed by atoms with van der Waals surface area (Å²) in [6.07, 6.45) is 4.42. The first-order chi connectivity index (χ1) is 7.83. The van der Waals surface area contributed by atoms with Gasteiger partial charge in [0.1, 0.15) is 0 Å². The molecule has 2 rings (SSSR count). The number of alkyl halides is 1. The molecule has 4 nitrogen and oxygen atoms in total. The summed E-state index contributed by atoms with van der Waals surface area (Å²) in [6.45, 7) is 4.20. The minimum Gasteiger partial charge on any atom is -0.408 e. The van der Waals surface area contributed by atoms with Gasteiger partial charge in [-0.2, -0.15) is 0 Å². The first-order valence-electron chi connectivity index (χ1n) is 5.96. The normalized spacial score (nSPS) is 15.4. The molecule has 0 amide bonds. The molecule has 1 aliphatic rings. The van der Waals surface area contributed by atoms with Crippen molar-refractivity contribution in [3.05, 3.63) is 5.89 Å². The van der Waals surface area contributed by atoms with Gasteiger partial charge in [-0.25, -0.2) is 0 Å². The third-order valence-corrected chi connectivity index (χ3v) is 2.89. The van der Waals surface area contributed by atoms with Crippen LogP contribution in [-0.4, -0.2) is 29.2 Å². The van der Waals surface area contributed by atoms with Crippen LogP contribution in [0.3, 0.4) is 0 Å². The van der Waals surface area contributed by atoms with Crippen LogP contribution in [-0.2, 0) is 6.42 Å². The smallest absolute Gasteiger partial charge is 0.318 e. The molecule has 0 saturated heterocycles. The number of hydrogen-bond donors (Lipinski definition) is 0. The van der Waals surface area contributed by atoms with Crippen LogP contribution in [0, 0.1) is 5.92 Å². The molecule has 0 spiro atoms. The van der Waals surface area contributed by atoms with Gasteiger partial charge >= 0.3 is 6.01 Å². The molecule has 1 aromatic rings. The molecule has 0 aromatic carbocycles. The number of nitrogens with zero attached hydrogens (tertiary/aromatic N) is 3. The molecule has 16 heavy (non-hydrogen) atoms. The predicted octanol–water partition coefficient (Wildman–Crippen LogP) is 2.48. The first kappa shape index (κ1) is 11.7. The van der Waals surface area contributed by atoms with E-state index in [9.17, 15) is 0 Å². The van der Waals surface area contributed by atoms with Gasteiger partial charge in [0.05, 0.1) is 0 Å². The maximum absolute atomic E-state index is 5.64. The number of anilines is 1. The summed E-state index contributed by atoms with van der Waals surface area (Å²) in [5.74, 6) is 2.00. The predicted molar refractivity (Wildman–Crippen MR) is 64.0 cm³/mol. The second kappa shape index (κ2) is 5.53. The fourth-order valence-corrected chi connectivity index (χ4v) is 1.86. The Morgan fingerprint density at radius 1 is 1.44 bits per heavy atom. The molecule has 0 aliphatic heterocycles. The number of hydrogen-bond acceptors (Lipinski definition) is 4. The zero-order chi connectivity index (χ0) is 11.4. The highest BCUT2D eigenvalue weighted by Gasteiger charge is 2.26. The molecule has 5 heteroatoms. The molecule has 1 aliphatic carbocycles. The zero-order valence-electron chi connectivity index (χ0n) is 9.65. The summed E-state index contributed by atoms with van der Waals surface area (Å²) in [4.78, 5) is 2.20. The van der Waals surface area contributed by atoms with Crippen molar-refractivity contribution in [3.8, 4) is 0 Å². The van der Waals surface area contributed by atoms with Crippen molar-refractivity contribution in [1.29, 1.82) is 0 Å². The van der Waals surface area contributed by atoms with E-state index in [1.165, 1.54) is 12.8 Å².